The number of hydrogen-bond donors (Lipinski definition) is 2. The van der Waals surface area contributed by atoms with Gasteiger partial charge in [0.15, 0.2) is 11.5 Å². The highest BCUT2D eigenvalue weighted by molar-refractivity contribution is 5.66. The number of aliphatic hydroxyl groups excluding tert-OH is 1. The van der Waals surface area contributed by atoms with E-state index in [0.29, 0.717) is 17.7 Å². The van der Waals surface area contributed by atoms with E-state index in [4.69, 9.17) is 9.47 Å². The van der Waals surface area contributed by atoms with E-state index < -0.39 is 6.10 Å². The molecule has 1 saturated heterocycles. The summed E-state index contributed by atoms with van der Waals surface area (Å²) in [6.07, 6.45) is 4.87. The molecular formula is C18H23NO5. The molecule has 1 fully saturated rings. The first kappa shape index (κ1) is 15.7. The molecule has 24 heavy (non-hydrogen) atoms. The van der Waals surface area contributed by atoms with Gasteiger partial charge in [-0.25, -0.2) is 0 Å². The second-order valence-electron chi connectivity index (χ2n) is 7.26. The zero-order valence-electron chi connectivity index (χ0n) is 13.8. The van der Waals surface area contributed by atoms with Gasteiger partial charge < -0.3 is 30.1 Å². The number of piperidine rings is 1. The van der Waals surface area contributed by atoms with Crippen molar-refractivity contribution < 1.29 is 25.2 Å². The molecular weight excluding hydrogens is 310 g/mol. The number of aromatic hydroxyl groups is 1. The number of likely N-dealkylation sites (N-methyl/N-ethyl adjacent to an activating group) is 1. The van der Waals surface area contributed by atoms with Gasteiger partial charge in [0.1, 0.15) is 18.0 Å². The third kappa shape index (κ3) is 1.56. The van der Waals surface area contributed by atoms with Crippen LogP contribution in [0, 0.1) is 5.92 Å². The molecule has 0 amide bonds. The van der Waals surface area contributed by atoms with Crippen molar-refractivity contribution in [1.29, 1.82) is 0 Å². The summed E-state index contributed by atoms with van der Waals surface area (Å²) in [5.74, 6) is 1.71. The average molecular weight is 333 g/mol. The Labute approximate surface area is 140 Å². The predicted octanol–water partition coefficient (Wildman–Crippen LogP) is 0.382. The lowest BCUT2D eigenvalue weighted by molar-refractivity contribution is -0.0455. The largest absolute Gasteiger partial charge is 0.504 e. The van der Waals surface area contributed by atoms with E-state index in [9.17, 15) is 10.2 Å². The molecule has 5 atom stereocenters. The zero-order valence-corrected chi connectivity index (χ0v) is 13.8. The Bertz CT molecular complexity index is 733. The van der Waals surface area contributed by atoms with E-state index in [-0.39, 0.29) is 22.7 Å². The summed E-state index contributed by atoms with van der Waals surface area (Å²) >= 11 is 0. The van der Waals surface area contributed by atoms with Crippen molar-refractivity contribution in [3.05, 3.63) is 29.3 Å². The van der Waals surface area contributed by atoms with Crippen molar-refractivity contribution in [2.24, 2.45) is 5.92 Å². The Kier molecular flexibility index (Phi) is 3.20. The van der Waals surface area contributed by atoms with Crippen molar-refractivity contribution >= 4 is 0 Å². The molecule has 0 saturated carbocycles. The Morgan fingerprint density at radius 2 is 2.17 bits per heavy atom. The van der Waals surface area contributed by atoms with Gasteiger partial charge in [-0.1, -0.05) is 12.2 Å². The highest BCUT2D eigenvalue weighted by atomic mass is 16.5. The molecule has 4 aliphatic rings. The lowest BCUT2D eigenvalue weighted by Crippen LogP contribution is -2.64. The van der Waals surface area contributed by atoms with Gasteiger partial charge in [-0.15, -0.1) is 0 Å². The van der Waals surface area contributed by atoms with Gasteiger partial charge in [0.2, 0.25) is 0 Å². The third-order valence-electron chi connectivity index (χ3n) is 6.46. The van der Waals surface area contributed by atoms with Crippen LogP contribution in [-0.4, -0.2) is 59.5 Å². The van der Waals surface area contributed by atoms with Crippen molar-refractivity contribution in [3.63, 3.8) is 0 Å². The number of phenolic OH excluding ortho intramolecular Hbond substituents is 1. The van der Waals surface area contributed by atoms with Gasteiger partial charge in [0.05, 0.1) is 7.11 Å². The molecule has 4 N–H and O–H groups in total. The Hall–Kier alpha value is -1.76. The van der Waals surface area contributed by atoms with E-state index >= 15 is 0 Å². The van der Waals surface area contributed by atoms with Crippen molar-refractivity contribution in [3.8, 4) is 17.2 Å². The Morgan fingerprint density at radius 3 is 2.92 bits per heavy atom. The van der Waals surface area contributed by atoms with Crippen molar-refractivity contribution in [2.75, 3.05) is 20.7 Å². The van der Waals surface area contributed by atoms with Gasteiger partial charge in [-0.2, -0.15) is 0 Å². The minimum absolute atomic E-state index is 0. The molecule has 2 bridgehead atoms. The first-order valence-corrected chi connectivity index (χ1v) is 8.24. The molecule has 1 aromatic carbocycles. The van der Waals surface area contributed by atoms with Gasteiger partial charge in [-0.05, 0) is 26.4 Å². The van der Waals surface area contributed by atoms with Crippen LogP contribution < -0.4 is 9.47 Å². The summed E-state index contributed by atoms with van der Waals surface area (Å²) in [6.45, 7) is 0.971. The number of benzene rings is 1. The molecule has 2 heterocycles. The van der Waals surface area contributed by atoms with E-state index in [0.717, 1.165) is 36.3 Å². The standard InChI is InChI=1S/C18H21NO4.H2O/c1-19-6-5-18-10-3-4-12(20)17(18)23-16-13(21)8-14(22-2)9(15(16)18)7-11(10)19;/h3-4,8,10-12,17,20-21H,5-7H2,1-2H3;1H2/t10-,11+,12-,17-,18-;/m0./s1. The predicted molar refractivity (Wildman–Crippen MR) is 87.7 cm³/mol. The monoisotopic (exact) mass is 333 g/mol. The summed E-state index contributed by atoms with van der Waals surface area (Å²) < 4.78 is 11.7. The molecule has 2 aliphatic heterocycles. The Morgan fingerprint density at radius 1 is 1.38 bits per heavy atom. The minimum atomic E-state index is -0.640. The highest BCUT2D eigenvalue weighted by Crippen LogP contribution is 2.63. The van der Waals surface area contributed by atoms with Gasteiger partial charge in [0.25, 0.3) is 0 Å². The number of hydrogen-bond acceptors (Lipinski definition) is 5. The second-order valence-corrected chi connectivity index (χ2v) is 7.26. The lowest BCUT2D eigenvalue weighted by atomic mass is 9.53. The van der Waals surface area contributed by atoms with Crippen molar-refractivity contribution in [1.82, 2.24) is 4.90 Å². The summed E-state index contributed by atoms with van der Waals surface area (Å²) in [5, 5.41) is 21.0. The summed E-state index contributed by atoms with van der Waals surface area (Å²) in [5.41, 5.74) is 1.97. The fourth-order valence-corrected chi connectivity index (χ4v) is 5.47. The molecule has 2 aliphatic carbocycles. The minimum Gasteiger partial charge on any atom is -0.504 e. The molecule has 6 nitrogen and oxygen atoms in total. The topological polar surface area (TPSA) is 93.7 Å². The maximum absolute atomic E-state index is 10.5. The second kappa shape index (κ2) is 4.88. The zero-order chi connectivity index (χ0) is 15.9. The number of likely N-dealkylation sites (tertiary alicyclic amines) is 1. The van der Waals surface area contributed by atoms with E-state index in [1.807, 2.05) is 6.08 Å². The molecule has 0 aromatic heterocycles. The summed E-state index contributed by atoms with van der Waals surface area (Å²) in [4.78, 5) is 2.41. The molecule has 1 aromatic rings. The summed E-state index contributed by atoms with van der Waals surface area (Å²) in [7, 11) is 3.81. The Balaban J connectivity index is 0.00000146. The first-order chi connectivity index (χ1) is 11.1. The van der Waals surface area contributed by atoms with Crippen LogP contribution in [0.4, 0.5) is 0 Å². The van der Waals surface area contributed by atoms with Crippen LogP contribution in [0.3, 0.4) is 0 Å². The lowest BCUT2D eigenvalue weighted by Gasteiger charge is -2.56. The fourth-order valence-electron chi connectivity index (χ4n) is 5.47. The van der Waals surface area contributed by atoms with Crippen LogP contribution in [0.15, 0.2) is 18.2 Å². The van der Waals surface area contributed by atoms with Crippen LogP contribution in [0.1, 0.15) is 17.5 Å². The number of rotatable bonds is 1. The van der Waals surface area contributed by atoms with Crippen LogP contribution in [-0.2, 0) is 11.8 Å². The fraction of sp³-hybridized carbons (Fsp3) is 0.556. The number of phenols is 1. The number of aliphatic hydroxyl groups is 1. The number of ether oxygens (including phenoxy) is 2. The summed E-state index contributed by atoms with van der Waals surface area (Å²) in [6, 6.07) is 2.02. The van der Waals surface area contributed by atoms with Gasteiger partial charge in [-0.3, -0.25) is 0 Å². The van der Waals surface area contributed by atoms with Crippen LogP contribution >= 0.6 is 0 Å². The van der Waals surface area contributed by atoms with Crippen LogP contribution in [0.2, 0.25) is 0 Å². The number of nitrogens with zero attached hydrogens (tertiary/aromatic N) is 1. The van der Waals surface area contributed by atoms with Gasteiger partial charge in [0, 0.05) is 34.6 Å². The molecule has 5 rings (SSSR count). The van der Waals surface area contributed by atoms with E-state index in [1.165, 1.54) is 0 Å². The van der Waals surface area contributed by atoms with E-state index in [2.05, 4.69) is 18.0 Å². The van der Waals surface area contributed by atoms with Crippen LogP contribution in [0.25, 0.3) is 0 Å². The molecule has 0 radical (unpaired) electrons. The molecule has 1 spiro atoms. The molecule has 6 heteroatoms. The van der Waals surface area contributed by atoms with E-state index in [1.54, 1.807) is 13.2 Å². The van der Waals surface area contributed by atoms with Crippen molar-refractivity contribution in [2.45, 2.75) is 36.5 Å². The first-order valence-electron chi connectivity index (χ1n) is 8.24. The smallest absolute Gasteiger partial charge is 0.166 e. The number of methoxy groups -OCH3 is 1. The van der Waals surface area contributed by atoms with Crippen LogP contribution in [0.5, 0.6) is 17.2 Å². The highest BCUT2D eigenvalue weighted by Gasteiger charge is 2.64. The van der Waals surface area contributed by atoms with Gasteiger partial charge >= 0.3 is 0 Å². The molecule has 0 unspecified atom stereocenters. The SMILES string of the molecule is COc1cc(O)c2c3c1C[C@@H]1[C@@H]4C=C[C@H](O)[C@H](O2)[C@]34CCN1C.O. The maximum Gasteiger partial charge on any atom is 0.166 e. The average Bonchev–Trinajstić information content (AvgIpc) is 2.89. The third-order valence-corrected chi connectivity index (χ3v) is 6.46. The maximum atomic E-state index is 10.5. The molecule has 130 valence electrons. The quantitative estimate of drug-likeness (QED) is 0.725. The normalized spacial score (nSPS) is 38.1.